The summed E-state index contributed by atoms with van der Waals surface area (Å²) in [6.07, 6.45) is 7.49. The molecule has 0 aromatic rings. The highest BCUT2D eigenvalue weighted by molar-refractivity contribution is 7.98. The summed E-state index contributed by atoms with van der Waals surface area (Å²) in [6, 6.07) is 0. The van der Waals surface area contributed by atoms with Crippen molar-refractivity contribution in [2.24, 2.45) is 0 Å². The molecule has 0 amide bonds. The van der Waals surface area contributed by atoms with E-state index >= 15 is 0 Å². The fourth-order valence-electron chi connectivity index (χ4n) is 2.06. The number of methoxy groups -OCH3 is 1. The van der Waals surface area contributed by atoms with Crippen molar-refractivity contribution in [1.29, 1.82) is 0 Å². The lowest BCUT2D eigenvalue weighted by molar-refractivity contribution is -0.113. The van der Waals surface area contributed by atoms with Crippen LogP contribution in [0.2, 0.25) is 0 Å². The van der Waals surface area contributed by atoms with Gasteiger partial charge in [-0.05, 0) is 23.7 Å². The average molecular weight is 257 g/mol. The lowest BCUT2D eigenvalue weighted by atomic mass is 10.3. The van der Waals surface area contributed by atoms with Gasteiger partial charge in [-0.25, -0.2) is 0 Å². The van der Waals surface area contributed by atoms with Gasteiger partial charge < -0.3 is 4.74 Å². The van der Waals surface area contributed by atoms with Gasteiger partial charge in [0.2, 0.25) is 5.78 Å². The summed E-state index contributed by atoms with van der Waals surface area (Å²) in [5.74, 6) is 3.62. The summed E-state index contributed by atoms with van der Waals surface area (Å²) in [5.41, 5.74) is 0. The quantitative estimate of drug-likeness (QED) is 0.625. The first-order valence-corrected chi connectivity index (χ1v) is 8.30. The monoisotopic (exact) mass is 257 g/mol. The number of ether oxygens (including phenoxy) is 1. The minimum atomic E-state index is 0.225. The Kier molecular flexibility index (Phi) is 6.71. The lowest BCUT2D eigenvalue weighted by Crippen LogP contribution is -2.31. The highest BCUT2D eigenvalue weighted by atomic mass is 32.2. The third kappa shape index (κ3) is 4.38. The molecular formula is C14H25O2S+. The molecule has 0 aromatic heterocycles. The zero-order valence-electron chi connectivity index (χ0n) is 11.3. The molecule has 2 nitrogen and oxygen atoms in total. The van der Waals surface area contributed by atoms with Crippen molar-refractivity contribution in [2.45, 2.75) is 51.2 Å². The molecule has 3 heteroatoms. The normalized spacial score (nSPS) is 19.9. The highest BCUT2D eigenvalue weighted by Crippen LogP contribution is 2.26. The van der Waals surface area contributed by atoms with Crippen LogP contribution in [0.5, 0.6) is 0 Å². The van der Waals surface area contributed by atoms with Crippen LogP contribution in [0.1, 0.15) is 46.0 Å². The Morgan fingerprint density at radius 2 is 1.88 bits per heavy atom. The van der Waals surface area contributed by atoms with Crippen molar-refractivity contribution in [1.82, 2.24) is 0 Å². The molecule has 0 fully saturated rings. The van der Waals surface area contributed by atoms with E-state index in [2.05, 4.69) is 13.8 Å². The van der Waals surface area contributed by atoms with Crippen LogP contribution in [0.4, 0.5) is 0 Å². The first kappa shape index (κ1) is 14.6. The number of carbonyl (C=O) groups is 1. The molecule has 0 saturated carbocycles. The number of rotatable bonds is 8. The maximum Gasteiger partial charge on any atom is 0.211 e. The van der Waals surface area contributed by atoms with E-state index in [1.54, 1.807) is 13.2 Å². The number of allylic oxidation sites excluding steroid dienone is 2. The molecule has 1 atom stereocenters. The zero-order valence-corrected chi connectivity index (χ0v) is 12.1. The minimum Gasteiger partial charge on any atom is -0.501 e. The number of hydrogen-bond donors (Lipinski definition) is 0. The van der Waals surface area contributed by atoms with Crippen LogP contribution in [0.25, 0.3) is 0 Å². The van der Waals surface area contributed by atoms with Gasteiger partial charge in [0.25, 0.3) is 0 Å². The minimum absolute atomic E-state index is 0.225. The molecule has 0 aromatic carbocycles. The van der Waals surface area contributed by atoms with Crippen molar-refractivity contribution >= 4 is 16.7 Å². The second kappa shape index (κ2) is 7.80. The van der Waals surface area contributed by atoms with Gasteiger partial charge in [0.05, 0.1) is 13.5 Å². The van der Waals surface area contributed by atoms with Crippen LogP contribution in [-0.4, -0.2) is 29.6 Å². The zero-order chi connectivity index (χ0) is 12.7. The SMILES string of the molecule is CCCC[S+](CCCC)C1CC(OC)=CC1=O. The summed E-state index contributed by atoms with van der Waals surface area (Å²) in [4.78, 5) is 12.0. The third-order valence-electron chi connectivity index (χ3n) is 3.19. The van der Waals surface area contributed by atoms with Gasteiger partial charge in [0, 0.05) is 6.08 Å². The third-order valence-corrected chi connectivity index (χ3v) is 6.02. The van der Waals surface area contributed by atoms with E-state index in [0.717, 1.165) is 12.2 Å². The molecule has 0 spiro atoms. The van der Waals surface area contributed by atoms with Crippen molar-refractivity contribution in [3.8, 4) is 0 Å². The molecule has 0 N–H and O–H groups in total. The molecule has 0 bridgehead atoms. The molecule has 1 aliphatic rings. The standard InChI is InChI=1S/C14H25O2S/c1-4-6-8-17(9-7-5-2)14-11-12(16-3)10-13(14)15/h10,14H,4-9,11H2,1-3H3/q+1. The van der Waals surface area contributed by atoms with Crippen LogP contribution in [0, 0.1) is 0 Å². The van der Waals surface area contributed by atoms with Crippen molar-refractivity contribution in [3.63, 3.8) is 0 Å². The predicted octanol–water partition coefficient (Wildman–Crippen LogP) is 3.08. The fourth-order valence-corrected chi connectivity index (χ4v) is 4.95. The van der Waals surface area contributed by atoms with Crippen LogP contribution >= 0.6 is 0 Å². The Morgan fingerprint density at radius 3 is 2.29 bits per heavy atom. The van der Waals surface area contributed by atoms with E-state index in [0.29, 0.717) is 5.78 Å². The smallest absolute Gasteiger partial charge is 0.211 e. The van der Waals surface area contributed by atoms with Gasteiger partial charge in [-0.15, -0.1) is 0 Å². The molecule has 1 aliphatic carbocycles. The summed E-state index contributed by atoms with van der Waals surface area (Å²) in [6.45, 7) is 4.44. The molecular weight excluding hydrogens is 232 g/mol. The second-order valence-corrected chi connectivity index (χ2v) is 7.02. The Bertz CT molecular complexity index is 265. The van der Waals surface area contributed by atoms with Gasteiger partial charge in [-0.3, -0.25) is 4.79 Å². The Hall–Kier alpha value is -0.440. The van der Waals surface area contributed by atoms with Crippen molar-refractivity contribution in [2.75, 3.05) is 18.6 Å². The Balaban J connectivity index is 2.54. The van der Waals surface area contributed by atoms with Crippen molar-refractivity contribution < 1.29 is 9.53 Å². The van der Waals surface area contributed by atoms with Crippen LogP contribution < -0.4 is 0 Å². The van der Waals surface area contributed by atoms with E-state index in [1.165, 1.54) is 37.2 Å². The van der Waals surface area contributed by atoms with Crippen LogP contribution in [0.3, 0.4) is 0 Å². The van der Waals surface area contributed by atoms with E-state index in [-0.39, 0.29) is 16.1 Å². The first-order chi connectivity index (χ1) is 8.22. The van der Waals surface area contributed by atoms with Crippen molar-refractivity contribution in [3.05, 3.63) is 11.8 Å². The molecule has 1 unspecified atom stereocenters. The average Bonchev–Trinajstić information content (AvgIpc) is 2.71. The van der Waals surface area contributed by atoms with Crippen LogP contribution in [-0.2, 0) is 20.4 Å². The largest absolute Gasteiger partial charge is 0.501 e. The summed E-state index contributed by atoms with van der Waals surface area (Å²) in [7, 11) is 1.93. The fraction of sp³-hybridized carbons (Fsp3) is 0.786. The topological polar surface area (TPSA) is 26.3 Å². The molecule has 0 saturated heterocycles. The first-order valence-electron chi connectivity index (χ1n) is 6.67. The summed E-state index contributed by atoms with van der Waals surface area (Å²) < 4.78 is 5.22. The van der Waals surface area contributed by atoms with E-state index in [1.807, 2.05) is 0 Å². The summed E-state index contributed by atoms with van der Waals surface area (Å²) >= 11 is 0. The highest BCUT2D eigenvalue weighted by Gasteiger charge is 2.39. The molecule has 17 heavy (non-hydrogen) atoms. The maximum atomic E-state index is 12.0. The lowest BCUT2D eigenvalue weighted by Gasteiger charge is -2.14. The van der Waals surface area contributed by atoms with E-state index in [4.69, 9.17) is 4.74 Å². The number of carbonyl (C=O) groups excluding carboxylic acids is 1. The van der Waals surface area contributed by atoms with Crippen LogP contribution in [0.15, 0.2) is 11.8 Å². The molecule has 1 rings (SSSR count). The maximum absolute atomic E-state index is 12.0. The van der Waals surface area contributed by atoms with Gasteiger partial charge in [-0.2, -0.15) is 0 Å². The number of hydrogen-bond acceptors (Lipinski definition) is 2. The second-order valence-electron chi connectivity index (χ2n) is 4.56. The number of unbranched alkanes of at least 4 members (excludes halogenated alkanes) is 2. The van der Waals surface area contributed by atoms with Gasteiger partial charge in [0.1, 0.15) is 17.3 Å². The Morgan fingerprint density at radius 1 is 1.29 bits per heavy atom. The van der Waals surface area contributed by atoms with Gasteiger partial charge in [-0.1, -0.05) is 26.7 Å². The van der Waals surface area contributed by atoms with E-state index < -0.39 is 0 Å². The summed E-state index contributed by atoms with van der Waals surface area (Å²) in [5, 5.41) is 0.225. The molecule has 0 heterocycles. The van der Waals surface area contributed by atoms with E-state index in [9.17, 15) is 4.79 Å². The Labute approximate surface area is 108 Å². The predicted molar refractivity (Wildman–Crippen MR) is 75.4 cm³/mol. The van der Waals surface area contributed by atoms with Gasteiger partial charge in [0.15, 0.2) is 5.25 Å². The number of ketones is 1. The molecule has 0 radical (unpaired) electrons. The van der Waals surface area contributed by atoms with Gasteiger partial charge >= 0.3 is 0 Å². The molecule has 0 aliphatic heterocycles. The molecule has 98 valence electrons.